The second kappa shape index (κ2) is 17.1. The molecule has 3 aromatic carbocycles. The zero-order valence-electron chi connectivity index (χ0n) is 30.2. The molecular formula is C41H44N2O10. The van der Waals surface area contributed by atoms with Crippen molar-refractivity contribution in [3.63, 3.8) is 0 Å². The second-order valence-electron chi connectivity index (χ2n) is 13.9. The van der Waals surface area contributed by atoms with Gasteiger partial charge in [-0.05, 0) is 88.1 Å². The molecule has 0 saturated heterocycles. The van der Waals surface area contributed by atoms with Crippen molar-refractivity contribution in [3.8, 4) is 11.5 Å². The summed E-state index contributed by atoms with van der Waals surface area (Å²) in [6.45, 7) is 6.72. The summed E-state index contributed by atoms with van der Waals surface area (Å²) in [6, 6.07) is 26.6. The standard InChI is InChI=1S/C41H44N2O10/c1-26(43(21-11-14-27-12-7-5-8-13-27)39(48)37(46)32(24-36(44)45)40(49)53-41(2,3)4)31(28-17-19-33-35(22-28)51-25-50-33)23-30-18-20-34(52-30)38(47)42-29-15-9-6-10-16-29/h5-10,12-13,15-20,22,26,31-32H,11,14,21,23-25H2,1-4H3,(H,42,47)(H,44,45)/t26-,31+,32?/m1/s1. The Bertz CT molecular complexity index is 1920. The van der Waals surface area contributed by atoms with E-state index in [9.17, 15) is 29.1 Å². The summed E-state index contributed by atoms with van der Waals surface area (Å²) in [7, 11) is 0. The number of furan rings is 1. The fourth-order valence-electron chi connectivity index (χ4n) is 6.18. The number of fused-ring (bicyclic) bond motifs is 1. The Morgan fingerprint density at radius 1 is 0.887 bits per heavy atom. The van der Waals surface area contributed by atoms with Gasteiger partial charge >= 0.3 is 11.9 Å². The number of carbonyl (C=O) groups is 5. The summed E-state index contributed by atoms with van der Waals surface area (Å²) in [5.41, 5.74) is 1.34. The Morgan fingerprint density at radius 2 is 1.57 bits per heavy atom. The van der Waals surface area contributed by atoms with Gasteiger partial charge in [-0.1, -0.05) is 54.6 Å². The fraction of sp³-hybridized carbons (Fsp3) is 0.341. The number of nitrogens with one attached hydrogen (secondary N) is 1. The minimum absolute atomic E-state index is 0.0469. The average Bonchev–Trinajstić information content (AvgIpc) is 3.80. The lowest BCUT2D eigenvalue weighted by Gasteiger charge is -2.35. The average molecular weight is 725 g/mol. The number of carbonyl (C=O) groups excluding carboxylic acids is 4. The largest absolute Gasteiger partial charge is 0.481 e. The molecule has 0 aliphatic carbocycles. The molecule has 0 saturated carbocycles. The van der Waals surface area contributed by atoms with Gasteiger partial charge in [0.1, 0.15) is 17.3 Å². The molecule has 1 aliphatic rings. The van der Waals surface area contributed by atoms with E-state index in [0.717, 1.165) is 11.1 Å². The number of hydrogen-bond acceptors (Lipinski definition) is 9. The summed E-state index contributed by atoms with van der Waals surface area (Å²) in [6.07, 6.45) is 0.336. The summed E-state index contributed by atoms with van der Waals surface area (Å²) in [5.74, 6) is -5.91. The smallest absolute Gasteiger partial charge is 0.318 e. The summed E-state index contributed by atoms with van der Waals surface area (Å²) in [4.78, 5) is 67.7. The molecule has 0 bridgehead atoms. The zero-order valence-corrected chi connectivity index (χ0v) is 30.2. The van der Waals surface area contributed by atoms with Crippen LogP contribution >= 0.6 is 0 Å². The number of carboxylic acids is 1. The molecule has 1 unspecified atom stereocenters. The Kier molecular flexibility index (Phi) is 12.3. The van der Waals surface area contributed by atoms with Crippen molar-refractivity contribution in [1.82, 2.24) is 4.90 Å². The predicted molar refractivity (Wildman–Crippen MR) is 195 cm³/mol. The molecular weight excluding hydrogens is 680 g/mol. The first-order valence-electron chi connectivity index (χ1n) is 17.5. The summed E-state index contributed by atoms with van der Waals surface area (Å²) >= 11 is 0. The van der Waals surface area contributed by atoms with Crippen LogP contribution in [0.4, 0.5) is 5.69 Å². The van der Waals surface area contributed by atoms with Gasteiger partial charge in [-0.3, -0.25) is 24.0 Å². The monoisotopic (exact) mass is 724 g/mol. The van der Waals surface area contributed by atoms with Gasteiger partial charge in [0.05, 0.1) is 6.42 Å². The third kappa shape index (κ3) is 10.3. The number of hydrogen-bond donors (Lipinski definition) is 2. The van der Waals surface area contributed by atoms with E-state index < -0.39 is 59.4 Å². The molecule has 4 aromatic rings. The fourth-order valence-corrected chi connectivity index (χ4v) is 6.18. The molecule has 0 radical (unpaired) electrons. The van der Waals surface area contributed by atoms with Crippen LogP contribution in [-0.4, -0.2) is 64.5 Å². The first kappa shape index (κ1) is 38.3. The van der Waals surface area contributed by atoms with Gasteiger partial charge in [0.2, 0.25) is 12.6 Å². The number of Topliss-reactive ketones (excluding diaryl/α,β-unsaturated/α-hetero) is 1. The number of esters is 1. The van der Waals surface area contributed by atoms with Crippen LogP contribution < -0.4 is 14.8 Å². The van der Waals surface area contributed by atoms with E-state index in [2.05, 4.69) is 5.32 Å². The first-order chi connectivity index (χ1) is 25.3. The van der Waals surface area contributed by atoms with Crippen molar-refractivity contribution < 1.29 is 47.7 Å². The molecule has 0 spiro atoms. The summed E-state index contributed by atoms with van der Waals surface area (Å²) < 4.78 is 22.6. The van der Waals surface area contributed by atoms with Crippen LogP contribution in [0.2, 0.25) is 0 Å². The van der Waals surface area contributed by atoms with Crippen LogP contribution in [0.1, 0.15) is 73.9 Å². The van der Waals surface area contributed by atoms with Gasteiger partial charge in [-0.25, -0.2) is 0 Å². The number of amides is 2. The number of carboxylic acid groups (broad SMARTS) is 1. The van der Waals surface area contributed by atoms with Gasteiger partial charge in [-0.2, -0.15) is 0 Å². The van der Waals surface area contributed by atoms with Crippen molar-refractivity contribution in [1.29, 1.82) is 0 Å². The lowest BCUT2D eigenvalue weighted by molar-refractivity contribution is -0.168. The number of aryl methyl sites for hydroxylation is 1. The van der Waals surface area contributed by atoms with Gasteiger partial charge in [0.25, 0.3) is 11.8 Å². The SMILES string of the molecule is C[C@H]([C@H](Cc1ccc(C(=O)Nc2ccccc2)o1)c1ccc2c(c1)OCO2)N(CCCc1ccccc1)C(=O)C(=O)C(CC(=O)O)C(=O)OC(C)(C)C. The Labute approximate surface area is 308 Å². The quantitative estimate of drug-likeness (QED) is 0.0748. The highest BCUT2D eigenvalue weighted by Gasteiger charge is 2.41. The number of ketones is 1. The molecule has 5 rings (SSSR count). The topological polar surface area (TPSA) is 162 Å². The van der Waals surface area contributed by atoms with E-state index in [4.69, 9.17) is 18.6 Å². The lowest BCUT2D eigenvalue weighted by Crippen LogP contribution is -2.49. The minimum atomic E-state index is -1.84. The van der Waals surface area contributed by atoms with E-state index in [-0.39, 0.29) is 25.5 Å². The van der Waals surface area contributed by atoms with Crippen LogP contribution in [0, 0.1) is 5.92 Å². The molecule has 278 valence electrons. The number of anilines is 1. The van der Waals surface area contributed by atoms with Gasteiger partial charge in [0.15, 0.2) is 17.3 Å². The number of nitrogens with zero attached hydrogens (tertiary/aromatic N) is 1. The van der Waals surface area contributed by atoms with E-state index in [0.29, 0.717) is 35.8 Å². The van der Waals surface area contributed by atoms with Crippen molar-refractivity contribution in [3.05, 3.63) is 114 Å². The maximum atomic E-state index is 14.3. The third-order valence-electron chi connectivity index (χ3n) is 8.80. The van der Waals surface area contributed by atoms with E-state index in [1.165, 1.54) is 4.90 Å². The third-order valence-corrected chi connectivity index (χ3v) is 8.80. The number of ether oxygens (including phenoxy) is 3. The maximum absolute atomic E-state index is 14.3. The second-order valence-corrected chi connectivity index (χ2v) is 13.9. The maximum Gasteiger partial charge on any atom is 0.318 e. The van der Waals surface area contributed by atoms with E-state index in [1.807, 2.05) is 42.5 Å². The highest BCUT2D eigenvalue weighted by molar-refractivity contribution is 6.40. The molecule has 2 amide bonds. The van der Waals surface area contributed by atoms with Crippen LogP contribution in [0.3, 0.4) is 0 Å². The molecule has 2 heterocycles. The van der Waals surface area contributed by atoms with Gasteiger partial charge < -0.3 is 34.0 Å². The van der Waals surface area contributed by atoms with E-state index >= 15 is 0 Å². The Morgan fingerprint density at radius 3 is 2.25 bits per heavy atom. The number of rotatable bonds is 16. The van der Waals surface area contributed by atoms with Crippen LogP contribution in [0.25, 0.3) is 0 Å². The molecule has 0 fully saturated rings. The summed E-state index contributed by atoms with van der Waals surface area (Å²) in [5, 5.41) is 12.4. The molecule has 1 aromatic heterocycles. The highest BCUT2D eigenvalue weighted by atomic mass is 16.7. The number of para-hydroxylation sites is 1. The molecule has 53 heavy (non-hydrogen) atoms. The first-order valence-corrected chi connectivity index (χ1v) is 17.5. The van der Waals surface area contributed by atoms with Crippen molar-refractivity contribution in [2.75, 3.05) is 18.7 Å². The van der Waals surface area contributed by atoms with Crippen LogP contribution in [0.15, 0.2) is 95.4 Å². The Balaban J connectivity index is 1.48. The van der Waals surface area contributed by atoms with Crippen molar-refractivity contribution in [2.24, 2.45) is 5.92 Å². The minimum Gasteiger partial charge on any atom is -0.481 e. The van der Waals surface area contributed by atoms with Gasteiger partial charge in [-0.15, -0.1) is 0 Å². The molecule has 3 atom stereocenters. The number of aliphatic carboxylic acids is 1. The predicted octanol–water partition coefficient (Wildman–Crippen LogP) is 6.44. The normalized spacial score (nSPS) is 13.7. The number of benzene rings is 3. The molecule has 12 heteroatoms. The molecule has 2 N–H and O–H groups in total. The zero-order chi connectivity index (χ0) is 38.1. The van der Waals surface area contributed by atoms with E-state index in [1.54, 1.807) is 76.2 Å². The van der Waals surface area contributed by atoms with Crippen molar-refractivity contribution in [2.45, 2.75) is 70.9 Å². The van der Waals surface area contributed by atoms with Crippen molar-refractivity contribution >= 4 is 35.2 Å². The van der Waals surface area contributed by atoms with Crippen LogP contribution in [-0.2, 0) is 36.8 Å². The van der Waals surface area contributed by atoms with Crippen LogP contribution in [0.5, 0.6) is 11.5 Å². The highest BCUT2D eigenvalue weighted by Crippen LogP contribution is 2.38. The lowest BCUT2D eigenvalue weighted by atomic mass is 9.86. The molecule has 1 aliphatic heterocycles. The molecule has 12 nitrogen and oxygen atoms in total. The van der Waals surface area contributed by atoms with Gasteiger partial charge in [0, 0.05) is 30.6 Å². The Hall–Kier alpha value is -5.91.